The van der Waals surface area contributed by atoms with Crippen molar-refractivity contribution in [2.75, 3.05) is 6.54 Å². The van der Waals surface area contributed by atoms with E-state index in [1.165, 1.54) is 11.3 Å². The molecule has 7 heteroatoms. The van der Waals surface area contributed by atoms with Crippen LogP contribution in [0.4, 0.5) is 0 Å². The van der Waals surface area contributed by atoms with Crippen LogP contribution in [0.3, 0.4) is 0 Å². The highest BCUT2D eigenvalue weighted by Gasteiger charge is 2.09. The molecule has 0 bridgehead atoms. The van der Waals surface area contributed by atoms with E-state index in [2.05, 4.69) is 20.4 Å². The Morgan fingerprint density at radius 2 is 1.96 bits per heavy atom. The van der Waals surface area contributed by atoms with Crippen molar-refractivity contribution in [3.05, 3.63) is 83.8 Å². The van der Waals surface area contributed by atoms with Crippen LogP contribution in [0.5, 0.6) is 0 Å². The topological polar surface area (TPSA) is 72.7 Å². The molecular weight excluding hydrogens is 370 g/mol. The summed E-state index contributed by atoms with van der Waals surface area (Å²) in [4.78, 5) is 21.0. The molecule has 1 N–H and O–H groups in total. The molecule has 0 unspecified atom stereocenters. The van der Waals surface area contributed by atoms with E-state index in [4.69, 9.17) is 0 Å². The number of nitrogens with zero attached hydrogens (tertiary/aromatic N) is 4. The van der Waals surface area contributed by atoms with Crippen LogP contribution in [0.2, 0.25) is 0 Å². The molecule has 6 nitrogen and oxygen atoms in total. The first-order valence-corrected chi connectivity index (χ1v) is 9.87. The van der Waals surface area contributed by atoms with Gasteiger partial charge < -0.3 is 5.32 Å². The van der Waals surface area contributed by atoms with Gasteiger partial charge in [0.05, 0.1) is 29.7 Å². The average Bonchev–Trinajstić information content (AvgIpc) is 3.39. The predicted molar refractivity (Wildman–Crippen MR) is 109 cm³/mol. The maximum atomic E-state index is 12.2. The molecule has 1 aromatic carbocycles. The molecule has 3 heterocycles. The summed E-state index contributed by atoms with van der Waals surface area (Å²) in [5.74, 6) is -0.0340. The number of hydrogen-bond acceptors (Lipinski definition) is 5. The number of nitrogens with one attached hydrogen (secondary N) is 1. The number of thiazole rings is 1. The SMILES string of the molecule is O=C(Cc1csc(-c2ccccn2)n1)NCCc1cnn(-c2ccccc2)c1. The molecule has 0 radical (unpaired) electrons. The number of para-hydroxylation sites is 1. The van der Waals surface area contributed by atoms with Crippen LogP contribution in [0.15, 0.2) is 72.5 Å². The molecule has 1 amide bonds. The quantitative estimate of drug-likeness (QED) is 0.526. The second-order valence-electron chi connectivity index (χ2n) is 6.26. The van der Waals surface area contributed by atoms with E-state index in [9.17, 15) is 4.79 Å². The lowest BCUT2D eigenvalue weighted by Gasteiger charge is -2.03. The van der Waals surface area contributed by atoms with Crippen LogP contribution in [0.25, 0.3) is 16.4 Å². The molecule has 28 heavy (non-hydrogen) atoms. The fourth-order valence-electron chi connectivity index (χ4n) is 2.78. The van der Waals surface area contributed by atoms with Crippen molar-refractivity contribution in [2.24, 2.45) is 0 Å². The number of carbonyl (C=O) groups excluding carboxylic acids is 1. The Morgan fingerprint density at radius 3 is 2.79 bits per heavy atom. The van der Waals surface area contributed by atoms with E-state index in [0.717, 1.165) is 34.1 Å². The number of aromatic nitrogens is 4. The standard InChI is InChI=1S/C21H19N5OS/c27-20(12-17-15-28-21(25-17)19-8-4-5-10-22-19)23-11-9-16-13-24-26(14-16)18-6-2-1-3-7-18/h1-8,10,13-15H,9,11-12H2,(H,23,27). The summed E-state index contributed by atoms with van der Waals surface area (Å²) in [6, 6.07) is 15.7. The molecule has 4 aromatic rings. The van der Waals surface area contributed by atoms with Gasteiger partial charge in [0.1, 0.15) is 5.01 Å². The van der Waals surface area contributed by atoms with Gasteiger partial charge in [-0.1, -0.05) is 24.3 Å². The number of rotatable bonds is 7. The van der Waals surface area contributed by atoms with Crippen LogP contribution < -0.4 is 5.32 Å². The van der Waals surface area contributed by atoms with E-state index in [1.807, 2.05) is 71.0 Å². The van der Waals surface area contributed by atoms with Crippen molar-refractivity contribution in [3.8, 4) is 16.4 Å². The largest absolute Gasteiger partial charge is 0.355 e. The Hall–Kier alpha value is -3.32. The van der Waals surface area contributed by atoms with E-state index in [1.54, 1.807) is 6.20 Å². The lowest BCUT2D eigenvalue weighted by molar-refractivity contribution is -0.120. The van der Waals surface area contributed by atoms with Crippen molar-refractivity contribution in [1.82, 2.24) is 25.1 Å². The molecule has 0 saturated heterocycles. The average molecular weight is 389 g/mol. The van der Waals surface area contributed by atoms with Gasteiger partial charge in [-0.15, -0.1) is 11.3 Å². The first-order valence-electron chi connectivity index (χ1n) is 8.99. The summed E-state index contributed by atoms with van der Waals surface area (Å²) in [7, 11) is 0. The lowest BCUT2D eigenvalue weighted by Crippen LogP contribution is -2.27. The summed E-state index contributed by atoms with van der Waals surface area (Å²) in [6.45, 7) is 0.566. The van der Waals surface area contributed by atoms with Crippen LogP contribution in [-0.2, 0) is 17.6 Å². The van der Waals surface area contributed by atoms with Crippen LogP contribution in [0, 0.1) is 0 Å². The van der Waals surface area contributed by atoms with Gasteiger partial charge in [0, 0.05) is 24.3 Å². The predicted octanol–water partition coefficient (Wildman–Crippen LogP) is 3.29. The van der Waals surface area contributed by atoms with E-state index < -0.39 is 0 Å². The minimum absolute atomic E-state index is 0.0340. The van der Waals surface area contributed by atoms with Crippen molar-refractivity contribution < 1.29 is 4.79 Å². The molecule has 0 aliphatic carbocycles. The third kappa shape index (κ3) is 4.50. The molecule has 140 valence electrons. The van der Waals surface area contributed by atoms with Gasteiger partial charge in [-0.3, -0.25) is 9.78 Å². The molecular formula is C21H19N5OS. The number of hydrogen-bond donors (Lipinski definition) is 1. The van der Waals surface area contributed by atoms with Crippen molar-refractivity contribution >= 4 is 17.2 Å². The number of amides is 1. The maximum Gasteiger partial charge on any atom is 0.226 e. The Balaban J connectivity index is 1.26. The first kappa shape index (κ1) is 18.1. The van der Waals surface area contributed by atoms with Crippen LogP contribution >= 0.6 is 11.3 Å². The van der Waals surface area contributed by atoms with Crippen molar-refractivity contribution in [3.63, 3.8) is 0 Å². The van der Waals surface area contributed by atoms with E-state index >= 15 is 0 Å². The maximum absolute atomic E-state index is 12.2. The smallest absolute Gasteiger partial charge is 0.226 e. The molecule has 0 fully saturated rings. The number of benzene rings is 1. The van der Waals surface area contributed by atoms with E-state index in [-0.39, 0.29) is 12.3 Å². The van der Waals surface area contributed by atoms with Gasteiger partial charge in [-0.25, -0.2) is 9.67 Å². The normalized spacial score (nSPS) is 10.7. The number of pyridine rings is 1. The first-order chi connectivity index (χ1) is 13.8. The minimum Gasteiger partial charge on any atom is -0.355 e. The summed E-state index contributed by atoms with van der Waals surface area (Å²) < 4.78 is 1.84. The summed E-state index contributed by atoms with van der Waals surface area (Å²) in [6.07, 6.45) is 6.56. The van der Waals surface area contributed by atoms with Crippen molar-refractivity contribution in [2.45, 2.75) is 12.8 Å². The van der Waals surface area contributed by atoms with Gasteiger partial charge >= 0.3 is 0 Å². The summed E-state index contributed by atoms with van der Waals surface area (Å²) in [5, 5.41) is 10.1. The molecule has 3 aromatic heterocycles. The lowest BCUT2D eigenvalue weighted by atomic mass is 10.2. The zero-order valence-corrected chi connectivity index (χ0v) is 16.0. The summed E-state index contributed by atoms with van der Waals surface area (Å²) >= 11 is 1.50. The highest BCUT2D eigenvalue weighted by Crippen LogP contribution is 2.21. The van der Waals surface area contributed by atoms with Gasteiger partial charge in [-0.2, -0.15) is 5.10 Å². The Kier molecular flexibility index (Phi) is 5.53. The third-order valence-corrected chi connectivity index (χ3v) is 5.08. The Bertz CT molecular complexity index is 1040. The van der Waals surface area contributed by atoms with E-state index in [0.29, 0.717) is 6.54 Å². The molecule has 0 aliphatic heterocycles. The third-order valence-electron chi connectivity index (χ3n) is 4.17. The Morgan fingerprint density at radius 1 is 1.11 bits per heavy atom. The fraction of sp³-hybridized carbons (Fsp3) is 0.143. The highest BCUT2D eigenvalue weighted by molar-refractivity contribution is 7.13. The van der Waals surface area contributed by atoms with Gasteiger partial charge in [0.15, 0.2) is 0 Å². The molecule has 0 saturated carbocycles. The fourth-order valence-corrected chi connectivity index (χ4v) is 3.57. The highest BCUT2D eigenvalue weighted by atomic mass is 32.1. The molecule has 0 atom stereocenters. The van der Waals surface area contributed by atoms with Crippen LogP contribution in [0.1, 0.15) is 11.3 Å². The van der Waals surface area contributed by atoms with Gasteiger partial charge in [0.25, 0.3) is 0 Å². The second kappa shape index (κ2) is 8.58. The monoisotopic (exact) mass is 389 g/mol. The van der Waals surface area contributed by atoms with Gasteiger partial charge in [0.2, 0.25) is 5.91 Å². The van der Waals surface area contributed by atoms with Crippen molar-refractivity contribution in [1.29, 1.82) is 0 Å². The number of carbonyl (C=O) groups is 1. The van der Waals surface area contributed by atoms with Gasteiger partial charge in [-0.05, 0) is 36.2 Å². The minimum atomic E-state index is -0.0340. The summed E-state index contributed by atoms with van der Waals surface area (Å²) in [5.41, 5.74) is 3.69. The Labute approximate surface area is 166 Å². The zero-order valence-electron chi connectivity index (χ0n) is 15.2. The zero-order chi connectivity index (χ0) is 19.2. The second-order valence-corrected chi connectivity index (χ2v) is 7.12. The molecule has 4 rings (SSSR count). The molecule has 0 aliphatic rings. The molecule has 0 spiro atoms. The van der Waals surface area contributed by atoms with Crippen LogP contribution in [-0.4, -0.2) is 32.2 Å².